The van der Waals surface area contributed by atoms with Gasteiger partial charge in [0.2, 0.25) is 0 Å². The molecule has 2 aliphatic heterocycles. The largest absolute Gasteiger partial charge is 0.340 e. The van der Waals surface area contributed by atoms with E-state index in [1.807, 2.05) is 36.1 Å². The maximum atomic E-state index is 12.8. The second-order valence-corrected chi connectivity index (χ2v) is 9.50. The number of carbonyl (C=O) groups is 2. The summed E-state index contributed by atoms with van der Waals surface area (Å²) in [5, 5.41) is 10.0. The van der Waals surface area contributed by atoms with Gasteiger partial charge in [0, 0.05) is 49.0 Å². The topological polar surface area (TPSA) is 107 Å². The van der Waals surface area contributed by atoms with Crippen molar-refractivity contribution in [1.29, 1.82) is 0 Å². The van der Waals surface area contributed by atoms with Gasteiger partial charge in [-0.3, -0.25) is 9.88 Å². The van der Waals surface area contributed by atoms with Crippen LogP contribution in [0.15, 0.2) is 42.9 Å². The van der Waals surface area contributed by atoms with Gasteiger partial charge in [0.05, 0.1) is 5.52 Å². The molecule has 3 amide bonds. The number of rotatable bonds is 6. The van der Waals surface area contributed by atoms with E-state index in [1.54, 1.807) is 16.8 Å². The number of likely N-dealkylation sites (tertiary alicyclic amines) is 2. The summed E-state index contributed by atoms with van der Waals surface area (Å²) in [7, 11) is 0. The number of nitrogens with one attached hydrogen (secondary N) is 3. The Morgan fingerprint density at radius 3 is 2.53 bits per heavy atom. The van der Waals surface area contributed by atoms with Crippen molar-refractivity contribution < 1.29 is 9.59 Å². The fraction of sp³-hybridized carbons (Fsp3) is 0.462. The Morgan fingerprint density at radius 1 is 0.972 bits per heavy atom. The average molecular weight is 491 g/mol. The third-order valence-electron chi connectivity index (χ3n) is 7.02. The van der Waals surface area contributed by atoms with Crippen LogP contribution < -0.4 is 16.0 Å². The molecule has 3 aromatic rings. The number of piperidine rings is 1. The van der Waals surface area contributed by atoms with E-state index in [1.165, 1.54) is 32.3 Å². The SMILES string of the molecule is CCCNC(=O)n1ccc2cc(Nc3cc(NC(=O)N4CCC(N5CCCC5)CC4)ncn3)ccc21. The molecular formula is C26H34N8O2. The van der Waals surface area contributed by atoms with Crippen molar-refractivity contribution in [2.24, 2.45) is 0 Å². The highest BCUT2D eigenvalue weighted by Gasteiger charge is 2.28. The zero-order valence-electron chi connectivity index (χ0n) is 20.7. The monoisotopic (exact) mass is 490 g/mol. The molecule has 2 saturated heterocycles. The van der Waals surface area contributed by atoms with Crippen molar-refractivity contribution in [1.82, 2.24) is 29.7 Å². The lowest BCUT2D eigenvalue weighted by molar-refractivity contribution is 0.140. The zero-order valence-corrected chi connectivity index (χ0v) is 20.7. The van der Waals surface area contributed by atoms with Gasteiger partial charge < -0.3 is 20.4 Å². The Kier molecular flexibility index (Phi) is 7.31. The number of nitrogens with zero attached hydrogens (tertiary/aromatic N) is 5. The number of benzene rings is 1. The van der Waals surface area contributed by atoms with Gasteiger partial charge in [-0.05, 0) is 69.5 Å². The van der Waals surface area contributed by atoms with E-state index in [-0.39, 0.29) is 12.1 Å². The minimum atomic E-state index is -0.135. The lowest BCUT2D eigenvalue weighted by atomic mass is 10.0. The fourth-order valence-electron chi connectivity index (χ4n) is 5.09. The Bertz CT molecular complexity index is 1210. The summed E-state index contributed by atoms with van der Waals surface area (Å²) >= 11 is 0. The second kappa shape index (κ2) is 10.9. The highest BCUT2D eigenvalue weighted by Crippen LogP contribution is 2.24. The third kappa shape index (κ3) is 5.43. The molecule has 4 heterocycles. The summed E-state index contributed by atoms with van der Waals surface area (Å²) < 4.78 is 1.61. The normalized spacial score (nSPS) is 16.9. The van der Waals surface area contributed by atoms with E-state index in [0.717, 1.165) is 48.9 Å². The summed E-state index contributed by atoms with van der Waals surface area (Å²) in [6, 6.07) is 9.74. The van der Waals surface area contributed by atoms with Crippen molar-refractivity contribution >= 4 is 40.3 Å². The Balaban J connectivity index is 1.19. The minimum Gasteiger partial charge on any atom is -0.340 e. The molecule has 0 aliphatic carbocycles. The molecule has 1 aromatic carbocycles. The van der Waals surface area contributed by atoms with Gasteiger partial charge in [-0.1, -0.05) is 6.92 Å². The molecule has 0 bridgehead atoms. The van der Waals surface area contributed by atoms with Crippen LogP contribution >= 0.6 is 0 Å². The van der Waals surface area contributed by atoms with Crippen molar-refractivity contribution in [2.45, 2.75) is 45.1 Å². The first-order chi connectivity index (χ1) is 17.6. The number of hydrogen-bond donors (Lipinski definition) is 3. The average Bonchev–Trinajstić information content (AvgIpc) is 3.58. The summed E-state index contributed by atoms with van der Waals surface area (Å²) in [4.78, 5) is 38.1. The molecule has 2 aromatic heterocycles. The van der Waals surface area contributed by atoms with Crippen LogP contribution in [-0.2, 0) is 0 Å². The van der Waals surface area contributed by atoms with Crippen LogP contribution in [0.1, 0.15) is 39.0 Å². The fourth-order valence-corrected chi connectivity index (χ4v) is 5.09. The predicted octanol–water partition coefficient (Wildman–Crippen LogP) is 4.23. The molecule has 190 valence electrons. The first kappa shape index (κ1) is 24.1. The Hall–Kier alpha value is -3.66. The van der Waals surface area contributed by atoms with Crippen molar-refractivity contribution in [3.63, 3.8) is 0 Å². The van der Waals surface area contributed by atoms with E-state index in [0.29, 0.717) is 24.2 Å². The zero-order chi connectivity index (χ0) is 24.9. The van der Waals surface area contributed by atoms with Crippen LogP contribution in [0, 0.1) is 0 Å². The maximum Gasteiger partial charge on any atom is 0.326 e. The maximum absolute atomic E-state index is 12.8. The lowest BCUT2D eigenvalue weighted by Crippen LogP contribution is -2.47. The Morgan fingerprint density at radius 2 is 1.75 bits per heavy atom. The van der Waals surface area contributed by atoms with Crippen LogP contribution in [0.2, 0.25) is 0 Å². The quantitative estimate of drug-likeness (QED) is 0.477. The van der Waals surface area contributed by atoms with Crippen molar-refractivity contribution in [3.8, 4) is 0 Å². The number of amides is 3. The van der Waals surface area contributed by atoms with Crippen LogP contribution in [-0.4, -0.2) is 75.2 Å². The Labute approximate surface area is 211 Å². The minimum absolute atomic E-state index is 0.122. The summed E-state index contributed by atoms with van der Waals surface area (Å²) in [6.07, 6.45) is 8.72. The van der Waals surface area contributed by atoms with E-state index in [9.17, 15) is 9.59 Å². The first-order valence-corrected chi connectivity index (χ1v) is 12.9. The van der Waals surface area contributed by atoms with Crippen molar-refractivity contribution in [2.75, 3.05) is 43.4 Å². The van der Waals surface area contributed by atoms with Gasteiger partial charge in [-0.25, -0.2) is 19.6 Å². The third-order valence-corrected chi connectivity index (χ3v) is 7.02. The molecule has 2 aliphatic rings. The number of anilines is 3. The molecule has 36 heavy (non-hydrogen) atoms. The number of urea groups is 1. The second-order valence-electron chi connectivity index (χ2n) is 9.50. The van der Waals surface area contributed by atoms with E-state index in [4.69, 9.17) is 0 Å². The van der Waals surface area contributed by atoms with Gasteiger partial charge in [0.15, 0.2) is 0 Å². The van der Waals surface area contributed by atoms with Gasteiger partial charge in [0.1, 0.15) is 18.0 Å². The summed E-state index contributed by atoms with van der Waals surface area (Å²) in [5.41, 5.74) is 1.66. The summed E-state index contributed by atoms with van der Waals surface area (Å²) in [5.74, 6) is 1.03. The first-order valence-electron chi connectivity index (χ1n) is 12.9. The molecular weight excluding hydrogens is 456 g/mol. The molecule has 2 fully saturated rings. The molecule has 10 heteroatoms. The lowest BCUT2D eigenvalue weighted by Gasteiger charge is -2.36. The predicted molar refractivity (Wildman–Crippen MR) is 141 cm³/mol. The van der Waals surface area contributed by atoms with E-state index < -0.39 is 0 Å². The van der Waals surface area contributed by atoms with Gasteiger partial charge >= 0.3 is 12.1 Å². The van der Waals surface area contributed by atoms with E-state index in [2.05, 4.69) is 30.8 Å². The molecule has 10 nitrogen and oxygen atoms in total. The van der Waals surface area contributed by atoms with Crippen LogP contribution in [0.5, 0.6) is 0 Å². The van der Waals surface area contributed by atoms with Gasteiger partial charge in [-0.15, -0.1) is 0 Å². The molecule has 3 N–H and O–H groups in total. The smallest absolute Gasteiger partial charge is 0.326 e. The molecule has 0 spiro atoms. The van der Waals surface area contributed by atoms with E-state index >= 15 is 0 Å². The number of carbonyl (C=O) groups excluding carboxylic acids is 2. The number of hydrogen-bond acceptors (Lipinski definition) is 6. The van der Waals surface area contributed by atoms with Crippen LogP contribution in [0.25, 0.3) is 10.9 Å². The van der Waals surface area contributed by atoms with Crippen molar-refractivity contribution in [3.05, 3.63) is 42.9 Å². The molecule has 0 saturated carbocycles. The molecule has 0 unspecified atom stereocenters. The number of fused-ring (bicyclic) bond motifs is 1. The standard InChI is InChI=1S/C26H34N8O2/c1-2-10-27-25(35)34-15-7-19-16-20(5-6-22(19)34)30-23-17-24(29-18-28-23)31-26(36)33-13-8-21(9-14-33)32-11-3-4-12-32/h5-7,15-18,21H,2-4,8-14H2,1H3,(H,27,35)(H2,28,29,30,31,36). The number of aromatic nitrogens is 3. The van der Waals surface area contributed by atoms with Crippen LogP contribution in [0.3, 0.4) is 0 Å². The molecule has 0 radical (unpaired) electrons. The highest BCUT2D eigenvalue weighted by atomic mass is 16.2. The summed E-state index contributed by atoms with van der Waals surface area (Å²) in [6.45, 7) is 6.58. The van der Waals surface area contributed by atoms with Crippen LogP contribution in [0.4, 0.5) is 26.9 Å². The van der Waals surface area contributed by atoms with Gasteiger partial charge in [-0.2, -0.15) is 0 Å². The molecule has 0 atom stereocenters. The highest BCUT2D eigenvalue weighted by molar-refractivity contribution is 5.93. The molecule has 5 rings (SSSR count). The van der Waals surface area contributed by atoms with Gasteiger partial charge in [0.25, 0.3) is 0 Å².